The molecule has 0 spiro atoms. The fourth-order valence-electron chi connectivity index (χ4n) is 1.66. The Morgan fingerprint density at radius 3 is 2.89 bits per heavy atom. The van der Waals surface area contributed by atoms with E-state index in [9.17, 15) is 9.18 Å². The lowest BCUT2D eigenvalue weighted by Crippen LogP contribution is -2.16. The van der Waals surface area contributed by atoms with E-state index in [1.807, 2.05) is 6.92 Å². The van der Waals surface area contributed by atoms with Gasteiger partial charge in [0.2, 0.25) is 5.89 Å². The zero-order valence-electron chi connectivity index (χ0n) is 10.5. The molecule has 6 heteroatoms. The molecule has 2 rings (SSSR count). The molecule has 0 aliphatic rings. The Balaban J connectivity index is 2.48. The number of aryl methyl sites for hydroxylation is 1. The van der Waals surface area contributed by atoms with Crippen molar-refractivity contribution in [3.63, 3.8) is 0 Å². The molecule has 2 heterocycles. The fourth-order valence-corrected chi connectivity index (χ4v) is 1.66. The van der Waals surface area contributed by atoms with Crippen molar-refractivity contribution in [3.8, 4) is 11.6 Å². The van der Waals surface area contributed by atoms with Crippen molar-refractivity contribution < 1.29 is 13.6 Å². The molecule has 0 N–H and O–H groups in total. The number of ketones is 1. The van der Waals surface area contributed by atoms with E-state index >= 15 is 0 Å². The average Bonchev–Trinajstić information content (AvgIpc) is 2.96. The highest BCUT2D eigenvalue weighted by atomic mass is 19.1. The van der Waals surface area contributed by atoms with Gasteiger partial charge in [-0.3, -0.25) is 9.48 Å². The lowest BCUT2D eigenvalue weighted by atomic mass is 10.0. The second kappa shape index (κ2) is 4.72. The number of nitrogens with zero attached hydrogens (tertiary/aromatic N) is 3. The molecule has 18 heavy (non-hydrogen) atoms. The van der Waals surface area contributed by atoms with Gasteiger partial charge in [0, 0.05) is 13.0 Å². The van der Waals surface area contributed by atoms with Crippen molar-refractivity contribution in [2.75, 3.05) is 0 Å². The van der Waals surface area contributed by atoms with E-state index in [4.69, 9.17) is 4.42 Å². The number of oxazole rings is 1. The minimum Gasteiger partial charge on any atom is -0.443 e. The molecule has 2 aromatic heterocycles. The zero-order valence-corrected chi connectivity index (χ0v) is 10.5. The molecule has 0 aliphatic carbocycles. The molecule has 0 saturated heterocycles. The van der Waals surface area contributed by atoms with Crippen LogP contribution >= 0.6 is 0 Å². The van der Waals surface area contributed by atoms with Crippen molar-refractivity contribution >= 4 is 5.78 Å². The Morgan fingerprint density at radius 1 is 1.61 bits per heavy atom. The molecular weight excluding hydrogens is 237 g/mol. The third-order valence-electron chi connectivity index (χ3n) is 2.92. The standard InChI is InChI=1S/C12H14FN3O2/c1-4-7(2)11(17)10-8(13)9(15-16(10)3)12-14-5-6-18-12/h5-7H,4H2,1-3H3. The number of Topliss-reactive ketones (excluding diaryl/α,β-unsaturated/α-hetero) is 1. The summed E-state index contributed by atoms with van der Waals surface area (Å²) in [5.41, 5.74) is -0.0632. The quantitative estimate of drug-likeness (QED) is 0.783. The first-order chi connectivity index (χ1) is 8.56. The maximum atomic E-state index is 14.2. The highest BCUT2D eigenvalue weighted by Crippen LogP contribution is 2.24. The summed E-state index contributed by atoms with van der Waals surface area (Å²) in [6, 6.07) is 0. The zero-order chi connectivity index (χ0) is 13.3. The predicted octanol–water partition coefficient (Wildman–Crippen LogP) is 2.44. The van der Waals surface area contributed by atoms with Crippen molar-refractivity contribution in [2.24, 2.45) is 13.0 Å². The van der Waals surface area contributed by atoms with Crippen LogP contribution in [0, 0.1) is 11.7 Å². The maximum Gasteiger partial charge on any atom is 0.250 e. The Hall–Kier alpha value is -1.98. The average molecular weight is 251 g/mol. The smallest absolute Gasteiger partial charge is 0.250 e. The number of halogens is 1. The van der Waals surface area contributed by atoms with E-state index in [0.29, 0.717) is 6.42 Å². The predicted molar refractivity (Wildman–Crippen MR) is 62.4 cm³/mol. The second-order valence-corrected chi connectivity index (χ2v) is 4.15. The van der Waals surface area contributed by atoms with Gasteiger partial charge in [0.1, 0.15) is 12.0 Å². The molecule has 96 valence electrons. The second-order valence-electron chi connectivity index (χ2n) is 4.15. The molecule has 2 aromatic rings. The van der Waals surface area contributed by atoms with Crippen LogP contribution < -0.4 is 0 Å². The summed E-state index contributed by atoms with van der Waals surface area (Å²) < 4.78 is 20.4. The topological polar surface area (TPSA) is 60.9 Å². The molecular formula is C12H14FN3O2. The molecule has 0 aliphatic heterocycles. The van der Waals surface area contributed by atoms with E-state index in [2.05, 4.69) is 10.1 Å². The van der Waals surface area contributed by atoms with E-state index < -0.39 is 5.82 Å². The summed E-state index contributed by atoms with van der Waals surface area (Å²) in [7, 11) is 1.53. The summed E-state index contributed by atoms with van der Waals surface area (Å²) in [6.07, 6.45) is 3.39. The number of rotatable bonds is 4. The van der Waals surface area contributed by atoms with Crippen LogP contribution in [0.2, 0.25) is 0 Å². The molecule has 1 atom stereocenters. The molecule has 0 saturated carbocycles. The maximum absolute atomic E-state index is 14.2. The van der Waals surface area contributed by atoms with E-state index in [0.717, 1.165) is 0 Å². The van der Waals surface area contributed by atoms with Crippen LogP contribution in [-0.2, 0) is 7.05 Å². The third-order valence-corrected chi connectivity index (χ3v) is 2.92. The van der Waals surface area contributed by atoms with Crippen LogP contribution in [0.5, 0.6) is 0 Å². The van der Waals surface area contributed by atoms with Gasteiger partial charge in [-0.05, 0) is 6.42 Å². The van der Waals surface area contributed by atoms with Crippen LogP contribution in [0.15, 0.2) is 16.9 Å². The van der Waals surface area contributed by atoms with Gasteiger partial charge in [-0.25, -0.2) is 9.37 Å². The van der Waals surface area contributed by atoms with Crippen LogP contribution in [0.4, 0.5) is 4.39 Å². The lowest BCUT2D eigenvalue weighted by molar-refractivity contribution is 0.0913. The minimum atomic E-state index is -0.676. The number of hydrogen-bond donors (Lipinski definition) is 0. The Bertz CT molecular complexity index is 560. The number of carbonyl (C=O) groups excluding carboxylic acids is 1. The van der Waals surface area contributed by atoms with E-state index in [-0.39, 0.29) is 29.0 Å². The number of carbonyl (C=O) groups is 1. The number of aromatic nitrogens is 3. The van der Waals surface area contributed by atoms with Gasteiger partial charge >= 0.3 is 0 Å². The highest BCUT2D eigenvalue weighted by Gasteiger charge is 2.27. The Kier molecular flexibility index (Phi) is 3.27. The Labute approximate surface area is 104 Å². The summed E-state index contributed by atoms with van der Waals surface area (Å²) in [6.45, 7) is 3.64. The van der Waals surface area contributed by atoms with Gasteiger partial charge in [0.15, 0.2) is 17.3 Å². The largest absolute Gasteiger partial charge is 0.443 e. The fraction of sp³-hybridized carbons (Fsp3) is 0.417. The van der Waals surface area contributed by atoms with Gasteiger partial charge in [0.25, 0.3) is 0 Å². The first-order valence-electron chi connectivity index (χ1n) is 5.72. The monoisotopic (exact) mass is 251 g/mol. The molecule has 1 unspecified atom stereocenters. The van der Waals surface area contributed by atoms with Crippen LogP contribution in [0.25, 0.3) is 11.6 Å². The van der Waals surface area contributed by atoms with Crippen LogP contribution in [-0.4, -0.2) is 20.5 Å². The van der Waals surface area contributed by atoms with Crippen LogP contribution in [0.3, 0.4) is 0 Å². The normalized spacial score (nSPS) is 12.7. The van der Waals surface area contributed by atoms with Gasteiger partial charge in [-0.1, -0.05) is 13.8 Å². The SMILES string of the molecule is CCC(C)C(=O)c1c(F)c(-c2ncco2)nn1C. The summed E-state index contributed by atoms with van der Waals surface area (Å²) >= 11 is 0. The third kappa shape index (κ3) is 1.94. The van der Waals surface area contributed by atoms with Crippen molar-refractivity contribution in [2.45, 2.75) is 20.3 Å². The Morgan fingerprint density at radius 2 is 2.33 bits per heavy atom. The molecule has 5 nitrogen and oxygen atoms in total. The molecule has 0 radical (unpaired) electrons. The lowest BCUT2D eigenvalue weighted by Gasteiger charge is -2.06. The molecule has 0 amide bonds. The molecule has 0 bridgehead atoms. The molecule has 0 fully saturated rings. The van der Waals surface area contributed by atoms with Crippen LogP contribution in [0.1, 0.15) is 30.8 Å². The summed E-state index contributed by atoms with van der Waals surface area (Å²) in [5.74, 6) is -1.10. The minimum absolute atomic E-state index is 0.0300. The first-order valence-corrected chi connectivity index (χ1v) is 5.72. The highest BCUT2D eigenvalue weighted by molar-refractivity contribution is 5.97. The first kappa shape index (κ1) is 12.5. The van der Waals surface area contributed by atoms with Gasteiger partial charge < -0.3 is 4.42 Å². The summed E-state index contributed by atoms with van der Waals surface area (Å²) in [5, 5.41) is 3.95. The van der Waals surface area contributed by atoms with Gasteiger partial charge in [-0.2, -0.15) is 5.10 Å². The molecule has 0 aromatic carbocycles. The van der Waals surface area contributed by atoms with E-state index in [1.54, 1.807) is 6.92 Å². The summed E-state index contributed by atoms with van der Waals surface area (Å²) in [4.78, 5) is 15.9. The van der Waals surface area contributed by atoms with Crippen molar-refractivity contribution in [1.82, 2.24) is 14.8 Å². The van der Waals surface area contributed by atoms with Gasteiger partial charge in [0.05, 0.1) is 6.20 Å². The van der Waals surface area contributed by atoms with E-state index in [1.165, 1.54) is 24.2 Å². The van der Waals surface area contributed by atoms with Crippen molar-refractivity contribution in [3.05, 3.63) is 24.0 Å². The van der Waals surface area contributed by atoms with Crippen molar-refractivity contribution in [1.29, 1.82) is 0 Å². The number of hydrogen-bond acceptors (Lipinski definition) is 4. The van der Waals surface area contributed by atoms with Gasteiger partial charge in [-0.15, -0.1) is 0 Å².